The van der Waals surface area contributed by atoms with Gasteiger partial charge in [0.2, 0.25) is 0 Å². The Labute approximate surface area is 106 Å². The van der Waals surface area contributed by atoms with Crippen molar-refractivity contribution in [2.45, 2.75) is 33.7 Å². The van der Waals surface area contributed by atoms with Crippen LogP contribution in [0.3, 0.4) is 0 Å². The molecule has 0 unspecified atom stereocenters. The predicted molar refractivity (Wildman–Crippen MR) is 69.7 cm³/mol. The number of rotatable bonds is 3. The lowest BCUT2D eigenvalue weighted by Gasteiger charge is -2.03. The van der Waals surface area contributed by atoms with E-state index in [4.69, 9.17) is 0 Å². The first-order chi connectivity index (χ1) is 8.45. The van der Waals surface area contributed by atoms with Gasteiger partial charge < -0.3 is 0 Å². The maximum atomic E-state index is 11.2. The Bertz CT molecular complexity index is 592. The van der Waals surface area contributed by atoms with Crippen LogP contribution in [0.5, 0.6) is 0 Å². The first-order valence-corrected chi connectivity index (χ1v) is 6.00. The van der Waals surface area contributed by atoms with E-state index in [1.807, 2.05) is 44.1 Å². The minimum Gasteiger partial charge on any atom is -0.298 e. The summed E-state index contributed by atoms with van der Waals surface area (Å²) in [5, 5.41) is 8.89. The molecular formula is C13H18N4O. The van der Waals surface area contributed by atoms with Crippen molar-refractivity contribution in [2.75, 3.05) is 0 Å². The van der Waals surface area contributed by atoms with Crippen LogP contribution < -0.4 is 0 Å². The lowest BCUT2D eigenvalue weighted by Crippen LogP contribution is -2.01. The first-order valence-electron chi connectivity index (χ1n) is 6.00. The second-order valence-electron chi connectivity index (χ2n) is 4.79. The van der Waals surface area contributed by atoms with Gasteiger partial charge in [0, 0.05) is 30.5 Å². The van der Waals surface area contributed by atoms with E-state index in [-0.39, 0.29) is 6.04 Å². The smallest absolute Gasteiger partial charge is 0.153 e. The SMILES string of the molecule is Cc1nn(C)c(C)c1-c1nn(C(C)C)cc1C=O. The molecule has 0 bridgehead atoms. The summed E-state index contributed by atoms with van der Waals surface area (Å²) in [6.45, 7) is 7.99. The van der Waals surface area contributed by atoms with Crippen molar-refractivity contribution in [2.24, 2.45) is 7.05 Å². The quantitative estimate of drug-likeness (QED) is 0.781. The Balaban J connectivity index is 2.66. The van der Waals surface area contributed by atoms with E-state index in [1.165, 1.54) is 0 Å². The number of hydrogen-bond acceptors (Lipinski definition) is 3. The lowest BCUT2D eigenvalue weighted by molar-refractivity contribution is 0.112. The van der Waals surface area contributed by atoms with Gasteiger partial charge in [-0.15, -0.1) is 0 Å². The van der Waals surface area contributed by atoms with Crippen LogP contribution in [0.4, 0.5) is 0 Å². The summed E-state index contributed by atoms with van der Waals surface area (Å²) in [6, 6.07) is 0.231. The van der Waals surface area contributed by atoms with Crippen molar-refractivity contribution in [3.63, 3.8) is 0 Å². The van der Waals surface area contributed by atoms with Crippen LogP contribution in [-0.2, 0) is 7.05 Å². The molecule has 0 amide bonds. The topological polar surface area (TPSA) is 52.7 Å². The van der Waals surface area contributed by atoms with Crippen LogP contribution in [0.1, 0.15) is 41.6 Å². The summed E-state index contributed by atoms with van der Waals surface area (Å²) >= 11 is 0. The molecule has 0 aliphatic rings. The number of carbonyl (C=O) groups excluding carboxylic acids is 1. The standard InChI is InChI=1S/C13H18N4O/c1-8(2)17-6-11(7-18)13(15-17)12-9(3)14-16(5)10(12)4/h6-8H,1-5H3. The average Bonchev–Trinajstić information content (AvgIpc) is 2.82. The Morgan fingerprint density at radius 3 is 2.39 bits per heavy atom. The monoisotopic (exact) mass is 246 g/mol. The fourth-order valence-corrected chi connectivity index (χ4v) is 2.07. The van der Waals surface area contributed by atoms with E-state index >= 15 is 0 Å². The summed E-state index contributed by atoms with van der Waals surface area (Å²) in [5.41, 5.74) is 4.21. The van der Waals surface area contributed by atoms with E-state index < -0.39 is 0 Å². The largest absolute Gasteiger partial charge is 0.298 e. The Hall–Kier alpha value is -1.91. The van der Waals surface area contributed by atoms with Gasteiger partial charge in [0.05, 0.1) is 11.3 Å². The van der Waals surface area contributed by atoms with Crippen molar-refractivity contribution in [1.29, 1.82) is 0 Å². The average molecular weight is 246 g/mol. The molecule has 18 heavy (non-hydrogen) atoms. The van der Waals surface area contributed by atoms with E-state index in [1.54, 1.807) is 6.20 Å². The zero-order chi connectivity index (χ0) is 13.4. The lowest BCUT2D eigenvalue weighted by atomic mass is 10.1. The third kappa shape index (κ3) is 1.85. The fourth-order valence-electron chi connectivity index (χ4n) is 2.07. The first kappa shape index (κ1) is 12.5. The van der Waals surface area contributed by atoms with Crippen molar-refractivity contribution >= 4 is 6.29 Å². The third-order valence-corrected chi connectivity index (χ3v) is 3.16. The normalized spacial score (nSPS) is 11.2. The molecule has 0 saturated carbocycles. The molecule has 0 aliphatic carbocycles. The van der Waals surface area contributed by atoms with Gasteiger partial charge >= 0.3 is 0 Å². The second-order valence-corrected chi connectivity index (χ2v) is 4.79. The molecule has 96 valence electrons. The Morgan fingerprint density at radius 2 is 1.94 bits per heavy atom. The van der Waals surface area contributed by atoms with Crippen LogP contribution in [0.25, 0.3) is 11.3 Å². The molecule has 0 aromatic carbocycles. The van der Waals surface area contributed by atoms with Gasteiger partial charge in [-0.3, -0.25) is 14.2 Å². The number of hydrogen-bond donors (Lipinski definition) is 0. The van der Waals surface area contributed by atoms with Gasteiger partial charge in [-0.25, -0.2) is 0 Å². The molecule has 0 spiro atoms. The molecular weight excluding hydrogens is 228 g/mol. The van der Waals surface area contributed by atoms with Crippen molar-refractivity contribution in [1.82, 2.24) is 19.6 Å². The second kappa shape index (κ2) is 4.40. The number of aryl methyl sites for hydroxylation is 2. The highest BCUT2D eigenvalue weighted by Gasteiger charge is 2.19. The zero-order valence-electron chi connectivity index (χ0n) is 11.4. The van der Waals surface area contributed by atoms with Crippen molar-refractivity contribution in [3.05, 3.63) is 23.1 Å². The van der Waals surface area contributed by atoms with Crippen molar-refractivity contribution < 1.29 is 4.79 Å². The molecule has 0 fully saturated rings. The Morgan fingerprint density at radius 1 is 1.28 bits per heavy atom. The molecule has 2 aromatic rings. The molecule has 2 heterocycles. The number of nitrogens with zero attached hydrogens (tertiary/aromatic N) is 4. The van der Waals surface area contributed by atoms with E-state index in [9.17, 15) is 4.79 Å². The molecule has 0 saturated heterocycles. The van der Waals surface area contributed by atoms with Gasteiger partial charge in [0.1, 0.15) is 5.69 Å². The third-order valence-electron chi connectivity index (χ3n) is 3.16. The molecule has 0 N–H and O–H groups in total. The Kier molecular flexibility index (Phi) is 3.07. The van der Waals surface area contributed by atoms with Crippen LogP contribution in [0.15, 0.2) is 6.20 Å². The minimum absolute atomic E-state index is 0.231. The number of carbonyl (C=O) groups is 1. The summed E-state index contributed by atoms with van der Waals surface area (Å²) in [4.78, 5) is 11.2. The molecule has 0 radical (unpaired) electrons. The van der Waals surface area contributed by atoms with E-state index in [0.29, 0.717) is 5.56 Å². The highest BCUT2D eigenvalue weighted by atomic mass is 16.1. The molecule has 5 nitrogen and oxygen atoms in total. The zero-order valence-corrected chi connectivity index (χ0v) is 11.4. The van der Waals surface area contributed by atoms with Gasteiger partial charge in [-0.1, -0.05) is 0 Å². The van der Waals surface area contributed by atoms with Crippen molar-refractivity contribution in [3.8, 4) is 11.3 Å². The summed E-state index contributed by atoms with van der Waals surface area (Å²) in [7, 11) is 1.89. The maximum absolute atomic E-state index is 11.2. The predicted octanol–water partition coefficient (Wildman–Crippen LogP) is 2.29. The summed E-state index contributed by atoms with van der Waals surface area (Å²) in [6.07, 6.45) is 2.64. The van der Waals surface area contributed by atoms with Crippen LogP contribution in [0.2, 0.25) is 0 Å². The fraction of sp³-hybridized carbons (Fsp3) is 0.462. The van der Waals surface area contributed by atoms with E-state index in [0.717, 1.165) is 28.9 Å². The molecule has 0 atom stereocenters. The van der Waals surface area contributed by atoms with E-state index in [2.05, 4.69) is 10.2 Å². The van der Waals surface area contributed by atoms with Gasteiger partial charge in [-0.2, -0.15) is 10.2 Å². The van der Waals surface area contributed by atoms with Crippen LogP contribution >= 0.6 is 0 Å². The molecule has 2 rings (SSSR count). The van der Waals surface area contributed by atoms with Gasteiger partial charge in [0.25, 0.3) is 0 Å². The molecule has 5 heteroatoms. The molecule has 2 aromatic heterocycles. The summed E-state index contributed by atoms with van der Waals surface area (Å²) in [5.74, 6) is 0. The summed E-state index contributed by atoms with van der Waals surface area (Å²) < 4.78 is 3.62. The van der Waals surface area contributed by atoms with Gasteiger partial charge in [-0.05, 0) is 27.7 Å². The van der Waals surface area contributed by atoms with Crippen LogP contribution in [0, 0.1) is 13.8 Å². The highest BCUT2D eigenvalue weighted by molar-refractivity contribution is 5.86. The van der Waals surface area contributed by atoms with Gasteiger partial charge in [0.15, 0.2) is 6.29 Å². The highest BCUT2D eigenvalue weighted by Crippen LogP contribution is 2.28. The number of aldehydes is 1. The molecule has 0 aliphatic heterocycles. The minimum atomic E-state index is 0.231. The number of aromatic nitrogens is 4. The van der Waals surface area contributed by atoms with Crippen LogP contribution in [-0.4, -0.2) is 25.8 Å². The maximum Gasteiger partial charge on any atom is 0.153 e.